The van der Waals surface area contributed by atoms with E-state index < -0.39 is 0 Å². The summed E-state index contributed by atoms with van der Waals surface area (Å²) in [5, 5.41) is 11.6. The third-order valence-corrected chi connectivity index (χ3v) is 4.06. The largest absolute Gasteiger partial charge is 0.409 e. The second-order valence-electron chi connectivity index (χ2n) is 5.78. The molecule has 0 bridgehead atoms. The zero-order chi connectivity index (χ0) is 15.6. The summed E-state index contributed by atoms with van der Waals surface area (Å²) < 4.78 is 0. The van der Waals surface area contributed by atoms with Crippen molar-refractivity contribution in [2.24, 2.45) is 16.8 Å². The van der Waals surface area contributed by atoms with Crippen LogP contribution in [-0.2, 0) is 0 Å². The summed E-state index contributed by atoms with van der Waals surface area (Å²) in [5.41, 5.74) is 6.73. The molecule has 6 heteroatoms. The highest BCUT2D eigenvalue weighted by atomic mass is 16.4. The molecule has 0 radical (unpaired) electrons. The zero-order valence-corrected chi connectivity index (χ0v) is 12.7. The van der Waals surface area contributed by atoms with Crippen molar-refractivity contribution in [3.05, 3.63) is 35.4 Å². The first kappa shape index (κ1) is 15.3. The van der Waals surface area contributed by atoms with E-state index in [4.69, 9.17) is 10.9 Å². The van der Waals surface area contributed by atoms with Crippen LogP contribution in [0.15, 0.2) is 29.4 Å². The summed E-state index contributed by atoms with van der Waals surface area (Å²) in [5.74, 6) is 0.522. The Balaban J connectivity index is 2.11. The van der Waals surface area contributed by atoms with E-state index in [1.54, 1.807) is 24.3 Å². The predicted octanol–water partition coefficient (Wildman–Crippen LogP) is 0.803. The summed E-state index contributed by atoms with van der Waals surface area (Å²) in [6.07, 6.45) is 0. The molecule has 0 saturated carbocycles. The first-order chi connectivity index (χ1) is 9.93. The number of likely N-dealkylation sites (tertiary alicyclic amines) is 1. The van der Waals surface area contributed by atoms with E-state index in [0.29, 0.717) is 23.1 Å². The number of rotatable bonds is 3. The quantitative estimate of drug-likeness (QED) is 0.373. The second kappa shape index (κ2) is 6.13. The summed E-state index contributed by atoms with van der Waals surface area (Å²) in [4.78, 5) is 16.6. The molecule has 1 aromatic rings. The van der Waals surface area contributed by atoms with Gasteiger partial charge in [0.05, 0.1) is 0 Å². The highest BCUT2D eigenvalue weighted by Gasteiger charge is 2.33. The number of hydrogen-bond acceptors (Lipinski definition) is 4. The summed E-state index contributed by atoms with van der Waals surface area (Å²) in [7, 11) is 4.09. The third kappa shape index (κ3) is 3.16. The maximum absolute atomic E-state index is 12.5. The Kier molecular flexibility index (Phi) is 4.47. The van der Waals surface area contributed by atoms with Crippen LogP contribution < -0.4 is 5.73 Å². The Bertz CT molecular complexity index is 539. The summed E-state index contributed by atoms with van der Waals surface area (Å²) in [6, 6.07) is 7.19. The Morgan fingerprint density at radius 3 is 2.33 bits per heavy atom. The van der Waals surface area contributed by atoms with Gasteiger partial charge >= 0.3 is 0 Å². The van der Waals surface area contributed by atoms with Gasteiger partial charge in [0.2, 0.25) is 0 Å². The van der Waals surface area contributed by atoms with Crippen LogP contribution in [0.1, 0.15) is 22.8 Å². The lowest BCUT2D eigenvalue weighted by Crippen LogP contribution is -2.35. The highest BCUT2D eigenvalue weighted by Crippen LogP contribution is 2.22. The van der Waals surface area contributed by atoms with Crippen molar-refractivity contribution in [1.82, 2.24) is 9.80 Å². The number of oxime groups is 1. The maximum Gasteiger partial charge on any atom is 0.253 e. The van der Waals surface area contributed by atoms with E-state index >= 15 is 0 Å². The van der Waals surface area contributed by atoms with Gasteiger partial charge in [0.1, 0.15) is 0 Å². The van der Waals surface area contributed by atoms with E-state index in [9.17, 15) is 4.79 Å². The first-order valence-electron chi connectivity index (χ1n) is 6.97. The van der Waals surface area contributed by atoms with Gasteiger partial charge < -0.3 is 20.7 Å². The average molecular weight is 290 g/mol. The monoisotopic (exact) mass is 290 g/mol. The van der Waals surface area contributed by atoms with E-state index in [-0.39, 0.29) is 11.7 Å². The Hall–Kier alpha value is -2.08. The molecule has 114 valence electrons. The number of carbonyl (C=O) groups is 1. The molecule has 21 heavy (non-hydrogen) atoms. The molecular formula is C15H22N4O2. The van der Waals surface area contributed by atoms with Crippen molar-refractivity contribution in [3.63, 3.8) is 0 Å². The Labute approximate surface area is 124 Å². The summed E-state index contributed by atoms with van der Waals surface area (Å²) in [6.45, 7) is 3.68. The second-order valence-corrected chi connectivity index (χ2v) is 5.78. The predicted molar refractivity (Wildman–Crippen MR) is 81.5 cm³/mol. The molecule has 0 aliphatic carbocycles. The van der Waals surface area contributed by atoms with Crippen LogP contribution in [0.3, 0.4) is 0 Å². The number of nitrogens with two attached hydrogens (primary N) is 1. The fourth-order valence-electron chi connectivity index (χ4n) is 2.81. The molecule has 0 spiro atoms. The van der Waals surface area contributed by atoms with E-state index in [1.807, 2.05) is 19.0 Å². The van der Waals surface area contributed by atoms with E-state index in [0.717, 1.165) is 13.1 Å². The van der Waals surface area contributed by atoms with Crippen LogP contribution in [0.2, 0.25) is 0 Å². The van der Waals surface area contributed by atoms with Crippen LogP contribution >= 0.6 is 0 Å². The normalized spacial score (nSPS) is 22.9. The molecule has 2 unspecified atom stereocenters. The van der Waals surface area contributed by atoms with Gasteiger partial charge in [-0.05, 0) is 32.1 Å². The van der Waals surface area contributed by atoms with E-state index in [2.05, 4.69) is 17.0 Å². The Morgan fingerprint density at radius 2 is 1.86 bits per heavy atom. The fraction of sp³-hybridized carbons (Fsp3) is 0.467. The molecule has 1 amide bonds. The van der Waals surface area contributed by atoms with Crippen molar-refractivity contribution in [2.75, 3.05) is 27.2 Å². The SMILES string of the molecule is CC1CN(C(=O)c2ccc(/C(N)=N/O)cc2)CC1N(C)C. The molecule has 2 atom stereocenters. The number of benzene rings is 1. The van der Waals surface area contributed by atoms with Gasteiger partial charge in [0.25, 0.3) is 5.91 Å². The van der Waals surface area contributed by atoms with E-state index in [1.165, 1.54) is 0 Å². The molecule has 0 aromatic heterocycles. The molecule has 1 aliphatic heterocycles. The van der Waals surface area contributed by atoms with Gasteiger partial charge in [-0.25, -0.2) is 0 Å². The molecule has 3 N–H and O–H groups in total. The van der Waals surface area contributed by atoms with Crippen LogP contribution in [0.25, 0.3) is 0 Å². The number of hydrogen-bond donors (Lipinski definition) is 2. The number of nitrogens with zero attached hydrogens (tertiary/aromatic N) is 3. The van der Waals surface area contributed by atoms with Crippen LogP contribution in [0.5, 0.6) is 0 Å². The molecule has 6 nitrogen and oxygen atoms in total. The summed E-state index contributed by atoms with van der Waals surface area (Å²) >= 11 is 0. The van der Waals surface area contributed by atoms with Crippen LogP contribution in [-0.4, -0.2) is 60.0 Å². The number of carbonyl (C=O) groups excluding carboxylic acids is 1. The topological polar surface area (TPSA) is 82.2 Å². The molecule has 1 fully saturated rings. The molecule has 1 saturated heterocycles. The number of likely N-dealkylation sites (N-methyl/N-ethyl adjacent to an activating group) is 1. The lowest BCUT2D eigenvalue weighted by atomic mass is 10.1. The van der Waals surface area contributed by atoms with Gasteiger partial charge in [-0.3, -0.25) is 4.79 Å². The highest BCUT2D eigenvalue weighted by molar-refractivity contribution is 5.99. The maximum atomic E-state index is 12.5. The minimum Gasteiger partial charge on any atom is -0.409 e. The van der Waals surface area contributed by atoms with Gasteiger partial charge in [-0.2, -0.15) is 0 Å². The first-order valence-corrected chi connectivity index (χ1v) is 6.97. The minimum atomic E-state index is 0.0252. The molecule has 2 rings (SSSR count). The molecular weight excluding hydrogens is 268 g/mol. The smallest absolute Gasteiger partial charge is 0.253 e. The fourth-order valence-corrected chi connectivity index (χ4v) is 2.81. The van der Waals surface area contributed by atoms with Gasteiger partial charge in [0.15, 0.2) is 5.84 Å². The van der Waals surface area contributed by atoms with Gasteiger partial charge in [0, 0.05) is 30.3 Å². The molecule has 1 heterocycles. The van der Waals surface area contributed by atoms with Crippen molar-refractivity contribution in [2.45, 2.75) is 13.0 Å². The van der Waals surface area contributed by atoms with Gasteiger partial charge in [-0.1, -0.05) is 24.2 Å². The molecule has 1 aliphatic rings. The lowest BCUT2D eigenvalue weighted by Gasteiger charge is -2.22. The van der Waals surface area contributed by atoms with Crippen molar-refractivity contribution >= 4 is 11.7 Å². The van der Waals surface area contributed by atoms with Crippen LogP contribution in [0, 0.1) is 5.92 Å². The minimum absolute atomic E-state index is 0.0252. The van der Waals surface area contributed by atoms with Crippen molar-refractivity contribution in [3.8, 4) is 0 Å². The third-order valence-electron chi connectivity index (χ3n) is 4.06. The van der Waals surface area contributed by atoms with Gasteiger partial charge in [-0.15, -0.1) is 0 Å². The standard InChI is InChI=1S/C15H22N4O2/c1-10-8-19(9-13(10)18(2)3)15(20)12-6-4-11(5-7-12)14(16)17-21/h4-7,10,13,21H,8-9H2,1-3H3,(H2,16,17). The lowest BCUT2D eigenvalue weighted by molar-refractivity contribution is 0.0781. The average Bonchev–Trinajstić information content (AvgIpc) is 2.88. The number of amidine groups is 1. The zero-order valence-electron chi connectivity index (χ0n) is 12.7. The number of amides is 1. The Morgan fingerprint density at radius 1 is 1.29 bits per heavy atom. The molecule has 1 aromatic carbocycles. The van der Waals surface area contributed by atoms with Crippen LogP contribution in [0.4, 0.5) is 0 Å². The van der Waals surface area contributed by atoms with Crippen molar-refractivity contribution in [1.29, 1.82) is 0 Å². The van der Waals surface area contributed by atoms with Crippen molar-refractivity contribution < 1.29 is 10.0 Å².